The first-order chi connectivity index (χ1) is 11.1. The van der Waals surface area contributed by atoms with Crippen molar-refractivity contribution in [2.24, 2.45) is 0 Å². The number of nitrogens with zero attached hydrogens (tertiary/aromatic N) is 3. The van der Waals surface area contributed by atoms with Gasteiger partial charge in [-0.15, -0.1) is 0 Å². The van der Waals surface area contributed by atoms with Crippen molar-refractivity contribution < 1.29 is 9.32 Å². The molecular formula is C17H20ClN3O2. The summed E-state index contributed by atoms with van der Waals surface area (Å²) in [6, 6.07) is 7.55. The molecule has 0 bridgehead atoms. The summed E-state index contributed by atoms with van der Waals surface area (Å²) in [5.41, 5.74) is 2.87. The molecule has 1 aromatic carbocycles. The normalized spacial score (nSPS) is 13.8. The van der Waals surface area contributed by atoms with E-state index in [0.29, 0.717) is 31.2 Å². The van der Waals surface area contributed by atoms with Gasteiger partial charge in [0.2, 0.25) is 0 Å². The second-order valence-electron chi connectivity index (χ2n) is 5.57. The van der Waals surface area contributed by atoms with E-state index in [9.17, 15) is 4.79 Å². The van der Waals surface area contributed by atoms with Crippen molar-refractivity contribution in [1.29, 1.82) is 0 Å². The number of aromatic nitrogens is 1. The highest BCUT2D eigenvalue weighted by Gasteiger charge is 2.29. The molecule has 1 aliphatic heterocycles. The van der Waals surface area contributed by atoms with Crippen LogP contribution in [-0.2, 0) is 13.0 Å². The van der Waals surface area contributed by atoms with Gasteiger partial charge in [-0.2, -0.15) is 0 Å². The van der Waals surface area contributed by atoms with Gasteiger partial charge in [0.25, 0.3) is 0 Å². The van der Waals surface area contributed by atoms with Gasteiger partial charge in [-0.1, -0.05) is 16.8 Å². The Morgan fingerprint density at radius 1 is 1.30 bits per heavy atom. The number of benzene rings is 1. The van der Waals surface area contributed by atoms with Crippen LogP contribution in [0.5, 0.6) is 0 Å². The lowest BCUT2D eigenvalue weighted by atomic mass is 10.0. The van der Waals surface area contributed by atoms with Crippen molar-refractivity contribution in [2.45, 2.75) is 26.8 Å². The predicted molar refractivity (Wildman–Crippen MR) is 89.4 cm³/mol. The highest BCUT2D eigenvalue weighted by Crippen LogP contribution is 2.31. The summed E-state index contributed by atoms with van der Waals surface area (Å²) < 4.78 is 5.54. The number of hydrogen-bond donors (Lipinski definition) is 0. The smallest absolute Gasteiger partial charge is 0.320 e. The molecule has 2 aromatic rings. The highest BCUT2D eigenvalue weighted by molar-refractivity contribution is 6.30. The van der Waals surface area contributed by atoms with Gasteiger partial charge >= 0.3 is 6.03 Å². The summed E-state index contributed by atoms with van der Waals surface area (Å²) in [7, 11) is 0. The summed E-state index contributed by atoms with van der Waals surface area (Å²) in [5.74, 6) is 0.730. The van der Waals surface area contributed by atoms with E-state index in [1.165, 1.54) is 0 Å². The molecule has 3 rings (SSSR count). The first-order valence-electron chi connectivity index (χ1n) is 7.91. The maximum absolute atomic E-state index is 12.6. The quantitative estimate of drug-likeness (QED) is 0.858. The first kappa shape index (κ1) is 15.9. The van der Waals surface area contributed by atoms with E-state index in [0.717, 1.165) is 29.0 Å². The lowest BCUT2D eigenvalue weighted by molar-refractivity contribution is 0.152. The topological polar surface area (TPSA) is 49.6 Å². The Hall–Kier alpha value is -2.01. The molecule has 0 fully saturated rings. The van der Waals surface area contributed by atoms with Gasteiger partial charge < -0.3 is 14.3 Å². The zero-order valence-electron chi connectivity index (χ0n) is 13.4. The number of rotatable bonds is 3. The Balaban J connectivity index is 1.87. The highest BCUT2D eigenvalue weighted by atomic mass is 35.5. The lowest BCUT2D eigenvalue weighted by Crippen LogP contribution is -2.45. The molecule has 0 saturated carbocycles. The minimum absolute atomic E-state index is 0.0731. The van der Waals surface area contributed by atoms with Crippen LogP contribution in [0.1, 0.15) is 25.1 Å². The Morgan fingerprint density at radius 3 is 2.65 bits per heavy atom. The number of amides is 2. The Morgan fingerprint density at radius 2 is 2.00 bits per heavy atom. The fraction of sp³-hybridized carbons (Fsp3) is 0.412. The summed E-state index contributed by atoms with van der Waals surface area (Å²) in [5, 5.41) is 4.86. The predicted octanol–water partition coefficient (Wildman–Crippen LogP) is 3.81. The van der Waals surface area contributed by atoms with E-state index in [1.54, 1.807) is 0 Å². The zero-order chi connectivity index (χ0) is 16.4. The van der Waals surface area contributed by atoms with E-state index in [4.69, 9.17) is 16.1 Å². The summed E-state index contributed by atoms with van der Waals surface area (Å²) in [6.45, 7) is 6.63. The van der Waals surface area contributed by atoms with E-state index in [-0.39, 0.29) is 6.03 Å². The third-order valence-electron chi connectivity index (χ3n) is 4.25. The average Bonchev–Trinajstić information content (AvgIpc) is 2.99. The number of carbonyl (C=O) groups is 1. The van der Waals surface area contributed by atoms with Crippen molar-refractivity contribution >= 4 is 17.6 Å². The lowest BCUT2D eigenvalue weighted by Gasteiger charge is -2.31. The molecule has 1 aromatic heterocycles. The van der Waals surface area contributed by atoms with Crippen LogP contribution in [0.4, 0.5) is 4.79 Å². The number of urea groups is 1. The molecule has 122 valence electrons. The summed E-state index contributed by atoms with van der Waals surface area (Å²) in [6.07, 6.45) is 0.722. The van der Waals surface area contributed by atoms with Crippen LogP contribution in [0.25, 0.3) is 11.3 Å². The SMILES string of the molecule is CCN(CC)C(=O)N1CCc2noc(-c3ccc(Cl)cc3)c2C1. The van der Waals surface area contributed by atoms with Crippen LogP contribution in [0, 0.1) is 0 Å². The standard InChI is InChI=1S/C17H20ClN3O2/c1-3-20(4-2)17(22)21-10-9-15-14(11-21)16(23-19-15)12-5-7-13(18)8-6-12/h5-8H,3-4,9-11H2,1-2H3. The molecule has 2 heterocycles. The van der Waals surface area contributed by atoms with Crippen molar-refractivity contribution in [3.8, 4) is 11.3 Å². The largest absolute Gasteiger partial charge is 0.356 e. The fourth-order valence-corrected chi connectivity index (χ4v) is 3.02. The molecule has 1 aliphatic rings. The second-order valence-corrected chi connectivity index (χ2v) is 6.01. The van der Waals surface area contributed by atoms with Crippen LogP contribution in [0.15, 0.2) is 28.8 Å². The average molecular weight is 334 g/mol. The molecule has 0 unspecified atom stereocenters. The Labute approximate surface area is 140 Å². The molecule has 0 spiro atoms. The van der Waals surface area contributed by atoms with Crippen LogP contribution in [-0.4, -0.2) is 40.6 Å². The molecule has 0 N–H and O–H groups in total. The van der Waals surface area contributed by atoms with Crippen molar-refractivity contribution in [1.82, 2.24) is 15.0 Å². The molecular weight excluding hydrogens is 314 g/mol. The van der Waals surface area contributed by atoms with Gasteiger partial charge in [0.05, 0.1) is 12.2 Å². The Bertz CT molecular complexity index is 692. The number of hydrogen-bond acceptors (Lipinski definition) is 3. The minimum Gasteiger partial charge on any atom is -0.356 e. The fourth-order valence-electron chi connectivity index (χ4n) is 2.90. The number of fused-ring (bicyclic) bond motifs is 1. The van der Waals surface area contributed by atoms with E-state index >= 15 is 0 Å². The van der Waals surface area contributed by atoms with Crippen LogP contribution >= 0.6 is 11.6 Å². The van der Waals surface area contributed by atoms with Crippen molar-refractivity contribution in [3.05, 3.63) is 40.5 Å². The van der Waals surface area contributed by atoms with Crippen molar-refractivity contribution in [3.63, 3.8) is 0 Å². The maximum atomic E-state index is 12.6. The number of halogens is 1. The van der Waals surface area contributed by atoms with E-state index in [1.807, 2.05) is 47.9 Å². The Kier molecular flexibility index (Phi) is 4.57. The number of carbonyl (C=O) groups excluding carboxylic acids is 1. The zero-order valence-corrected chi connectivity index (χ0v) is 14.1. The van der Waals surface area contributed by atoms with Gasteiger partial charge in [-0.25, -0.2) is 4.79 Å². The summed E-state index contributed by atoms with van der Waals surface area (Å²) in [4.78, 5) is 16.3. The van der Waals surface area contributed by atoms with Gasteiger partial charge in [-0.05, 0) is 38.1 Å². The van der Waals surface area contributed by atoms with Gasteiger partial charge in [-0.3, -0.25) is 0 Å². The molecule has 0 atom stereocenters. The molecule has 0 saturated heterocycles. The maximum Gasteiger partial charge on any atom is 0.320 e. The van der Waals surface area contributed by atoms with Crippen LogP contribution in [0.3, 0.4) is 0 Å². The third-order valence-corrected chi connectivity index (χ3v) is 4.50. The van der Waals surface area contributed by atoms with Gasteiger partial charge in [0.1, 0.15) is 0 Å². The molecule has 5 nitrogen and oxygen atoms in total. The second kappa shape index (κ2) is 6.62. The molecule has 2 amide bonds. The van der Waals surface area contributed by atoms with Gasteiger partial charge in [0.15, 0.2) is 5.76 Å². The first-order valence-corrected chi connectivity index (χ1v) is 8.29. The van der Waals surface area contributed by atoms with Crippen LogP contribution in [0.2, 0.25) is 5.02 Å². The van der Waals surface area contributed by atoms with Crippen molar-refractivity contribution in [2.75, 3.05) is 19.6 Å². The summed E-state index contributed by atoms with van der Waals surface area (Å²) >= 11 is 5.94. The third kappa shape index (κ3) is 3.06. The monoisotopic (exact) mass is 333 g/mol. The minimum atomic E-state index is 0.0731. The van der Waals surface area contributed by atoms with E-state index < -0.39 is 0 Å². The molecule has 6 heteroatoms. The van der Waals surface area contributed by atoms with Crippen LogP contribution < -0.4 is 0 Å². The molecule has 23 heavy (non-hydrogen) atoms. The van der Waals surface area contributed by atoms with Gasteiger partial charge in [0, 0.05) is 42.2 Å². The molecule has 0 radical (unpaired) electrons. The molecule has 0 aliphatic carbocycles. The van der Waals surface area contributed by atoms with E-state index in [2.05, 4.69) is 5.16 Å².